The van der Waals surface area contributed by atoms with E-state index in [2.05, 4.69) is 0 Å². The first-order valence-corrected chi connectivity index (χ1v) is 6.22. The van der Waals surface area contributed by atoms with E-state index >= 15 is 0 Å². The van der Waals surface area contributed by atoms with Crippen LogP contribution in [0.2, 0.25) is 0 Å². The molecule has 1 fully saturated rings. The first-order valence-electron chi connectivity index (χ1n) is 6.22. The number of aliphatic carboxylic acids is 1. The Kier molecular flexibility index (Phi) is 5.02. The topological polar surface area (TPSA) is 98.7 Å². The molecule has 0 aromatic heterocycles. The second kappa shape index (κ2) is 6.19. The molecule has 1 saturated heterocycles. The van der Waals surface area contributed by atoms with Crippen molar-refractivity contribution in [1.29, 1.82) is 0 Å². The van der Waals surface area contributed by atoms with Crippen LogP contribution in [0.5, 0.6) is 0 Å². The van der Waals surface area contributed by atoms with Gasteiger partial charge in [-0.3, -0.25) is 4.79 Å². The molecule has 3 N–H and O–H groups in total. The van der Waals surface area contributed by atoms with Gasteiger partial charge in [-0.05, 0) is 19.8 Å². The van der Waals surface area contributed by atoms with Crippen LogP contribution in [0, 0.1) is 0 Å². The third-order valence-electron chi connectivity index (χ3n) is 3.22. The van der Waals surface area contributed by atoms with Crippen LogP contribution in [0.3, 0.4) is 0 Å². The monoisotopic (exact) mass is 311 g/mol. The Hall–Kier alpha value is -2.00. The Labute approximate surface area is 118 Å². The molecule has 1 heterocycles. The molecule has 120 valence electrons. The summed E-state index contributed by atoms with van der Waals surface area (Å²) in [6.45, 7) is 0.922. The third-order valence-corrected chi connectivity index (χ3v) is 3.22. The summed E-state index contributed by atoms with van der Waals surface area (Å²) in [4.78, 5) is 35.1. The first-order chi connectivity index (χ1) is 9.58. The van der Waals surface area contributed by atoms with Crippen LogP contribution in [0.25, 0.3) is 0 Å². The van der Waals surface area contributed by atoms with E-state index in [0.717, 1.165) is 12.8 Å². The Balaban J connectivity index is 2.55. The van der Waals surface area contributed by atoms with Gasteiger partial charge in [0.15, 0.2) is 0 Å². The van der Waals surface area contributed by atoms with Crippen molar-refractivity contribution in [2.24, 2.45) is 0 Å². The highest BCUT2D eigenvalue weighted by Gasteiger charge is 2.58. The summed E-state index contributed by atoms with van der Waals surface area (Å²) in [5.41, 5.74) is -3.42. The zero-order chi connectivity index (χ0) is 16.3. The minimum absolute atomic E-state index is 0.331. The molecule has 7 nitrogen and oxygen atoms in total. The van der Waals surface area contributed by atoms with E-state index in [1.165, 1.54) is 10.2 Å². The summed E-state index contributed by atoms with van der Waals surface area (Å²) in [7, 11) is 0. The summed E-state index contributed by atoms with van der Waals surface area (Å²) < 4.78 is 38.0. The number of amides is 3. The smallest absolute Gasteiger partial charge is 0.422 e. The van der Waals surface area contributed by atoms with Gasteiger partial charge in [0, 0.05) is 13.1 Å². The van der Waals surface area contributed by atoms with Crippen molar-refractivity contribution in [3.8, 4) is 0 Å². The van der Waals surface area contributed by atoms with Crippen molar-refractivity contribution in [3.63, 3.8) is 0 Å². The minimum atomic E-state index is -5.17. The molecule has 10 heteroatoms. The molecule has 0 aromatic carbocycles. The fourth-order valence-corrected chi connectivity index (χ4v) is 1.75. The van der Waals surface area contributed by atoms with Gasteiger partial charge in [0.25, 0.3) is 0 Å². The van der Waals surface area contributed by atoms with E-state index in [0.29, 0.717) is 20.0 Å². The number of carbonyl (C=O) groups excluding carboxylic acids is 2. The fraction of sp³-hybridized carbons (Fsp3) is 0.727. The van der Waals surface area contributed by atoms with Gasteiger partial charge in [-0.2, -0.15) is 13.2 Å². The molecule has 1 aliphatic rings. The SMILES string of the molecule is CC(NC(=O)NCC(=O)N1CCCC1)(C(=O)O)C(F)(F)F. The molecule has 1 unspecified atom stereocenters. The number of hydrogen-bond donors (Lipinski definition) is 3. The van der Waals surface area contributed by atoms with Crippen LogP contribution in [0.4, 0.5) is 18.0 Å². The Bertz CT molecular complexity index is 435. The Morgan fingerprint density at radius 2 is 1.71 bits per heavy atom. The number of likely N-dealkylation sites (tertiary alicyclic amines) is 1. The highest BCUT2D eigenvalue weighted by atomic mass is 19.4. The average Bonchev–Trinajstić information content (AvgIpc) is 2.88. The maximum Gasteiger partial charge on any atom is 0.422 e. The van der Waals surface area contributed by atoms with E-state index in [-0.39, 0.29) is 0 Å². The number of alkyl halides is 3. The van der Waals surface area contributed by atoms with Gasteiger partial charge >= 0.3 is 18.2 Å². The first kappa shape index (κ1) is 17.1. The van der Waals surface area contributed by atoms with Crippen LogP contribution in [0.15, 0.2) is 0 Å². The van der Waals surface area contributed by atoms with Crippen LogP contribution in [-0.2, 0) is 9.59 Å². The maximum atomic E-state index is 12.7. The van der Waals surface area contributed by atoms with Crippen molar-refractivity contribution in [1.82, 2.24) is 15.5 Å². The molecule has 0 aliphatic carbocycles. The molecule has 1 rings (SSSR count). The lowest BCUT2D eigenvalue weighted by Gasteiger charge is -2.28. The second-order valence-electron chi connectivity index (χ2n) is 4.82. The number of halogens is 3. The van der Waals surface area contributed by atoms with E-state index in [9.17, 15) is 27.6 Å². The number of urea groups is 1. The zero-order valence-corrected chi connectivity index (χ0v) is 11.3. The number of rotatable bonds is 4. The standard InChI is InChI=1S/C11H16F3N3O4/c1-10(8(19)20,11(12,13)14)16-9(21)15-6-7(18)17-4-2-3-5-17/h2-6H2,1H3,(H,19,20)(H2,15,16,21). The Morgan fingerprint density at radius 3 is 2.14 bits per heavy atom. The van der Waals surface area contributed by atoms with Gasteiger partial charge in [-0.1, -0.05) is 0 Å². The number of nitrogens with zero attached hydrogens (tertiary/aromatic N) is 1. The molecule has 0 saturated carbocycles. The van der Waals surface area contributed by atoms with Crippen LogP contribution >= 0.6 is 0 Å². The number of hydrogen-bond acceptors (Lipinski definition) is 3. The molecule has 0 spiro atoms. The van der Waals surface area contributed by atoms with Crippen LogP contribution in [-0.4, -0.2) is 59.3 Å². The molecule has 0 radical (unpaired) electrons. The highest BCUT2D eigenvalue weighted by Crippen LogP contribution is 2.30. The molecule has 0 bridgehead atoms. The summed E-state index contributed by atoms with van der Waals surface area (Å²) in [5, 5.41) is 11.9. The normalized spacial score (nSPS) is 18.0. The highest BCUT2D eigenvalue weighted by molar-refractivity contribution is 5.89. The third kappa shape index (κ3) is 3.99. The van der Waals surface area contributed by atoms with Crippen molar-refractivity contribution in [2.45, 2.75) is 31.5 Å². The van der Waals surface area contributed by atoms with Crippen molar-refractivity contribution in [3.05, 3.63) is 0 Å². The lowest BCUT2D eigenvalue weighted by Crippen LogP contribution is -2.64. The molecule has 3 amide bonds. The van der Waals surface area contributed by atoms with Gasteiger partial charge in [0.05, 0.1) is 6.54 Å². The molecule has 21 heavy (non-hydrogen) atoms. The van der Waals surface area contributed by atoms with Gasteiger partial charge in [0.1, 0.15) is 0 Å². The zero-order valence-electron chi connectivity index (χ0n) is 11.3. The van der Waals surface area contributed by atoms with Crippen LogP contribution in [0.1, 0.15) is 19.8 Å². The summed E-state index contributed by atoms with van der Waals surface area (Å²) in [6.07, 6.45) is -3.50. The number of nitrogens with one attached hydrogen (secondary N) is 2. The largest absolute Gasteiger partial charge is 0.479 e. The van der Waals surface area contributed by atoms with Gasteiger partial charge in [0.2, 0.25) is 11.4 Å². The van der Waals surface area contributed by atoms with Gasteiger partial charge < -0.3 is 20.6 Å². The average molecular weight is 311 g/mol. The van der Waals surface area contributed by atoms with Gasteiger partial charge in [-0.25, -0.2) is 9.59 Å². The number of carboxylic acid groups (broad SMARTS) is 1. The fourth-order valence-electron chi connectivity index (χ4n) is 1.75. The molecule has 1 aliphatic heterocycles. The molecular formula is C11H16F3N3O4. The lowest BCUT2D eigenvalue weighted by atomic mass is 10.0. The molecular weight excluding hydrogens is 295 g/mol. The lowest BCUT2D eigenvalue weighted by molar-refractivity contribution is -0.203. The van der Waals surface area contributed by atoms with E-state index in [1.807, 2.05) is 5.32 Å². The maximum absolute atomic E-state index is 12.7. The molecule has 1 atom stereocenters. The van der Waals surface area contributed by atoms with Crippen LogP contribution < -0.4 is 10.6 Å². The van der Waals surface area contributed by atoms with E-state index in [4.69, 9.17) is 5.11 Å². The van der Waals surface area contributed by atoms with E-state index < -0.39 is 36.2 Å². The second-order valence-corrected chi connectivity index (χ2v) is 4.82. The number of carbonyl (C=O) groups is 3. The Morgan fingerprint density at radius 1 is 1.19 bits per heavy atom. The van der Waals surface area contributed by atoms with Gasteiger partial charge in [-0.15, -0.1) is 0 Å². The number of carboxylic acids is 1. The quantitative estimate of drug-likeness (QED) is 0.696. The summed E-state index contributed by atoms with van der Waals surface area (Å²) >= 11 is 0. The van der Waals surface area contributed by atoms with Crippen molar-refractivity contribution in [2.75, 3.05) is 19.6 Å². The van der Waals surface area contributed by atoms with Crippen molar-refractivity contribution >= 4 is 17.9 Å². The summed E-state index contributed by atoms with van der Waals surface area (Å²) in [5.74, 6) is -2.66. The predicted molar refractivity (Wildman–Crippen MR) is 64.4 cm³/mol. The summed E-state index contributed by atoms with van der Waals surface area (Å²) in [6, 6.07) is -1.37. The van der Waals surface area contributed by atoms with E-state index in [1.54, 1.807) is 0 Å². The minimum Gasteiger partial charge on any atom is -0.479 e. The van der Waals surface area contributed by atoms with Crippen molar-refractivity contribution < 1.29 is 32.7 Å². The molecule has 0 aromatic rings. The predicted octanol–water partition coefficient (Wildman–Crippen LogP) is 0.314.